The van der Waals surface area contributed by atoms with Crippen molar-refractivity contribution >= 4 is 0 Å². The normalized spacial score (nSPS) is 51.2. The maximum absolute atomic E-state index is 9.68. The molecule has 13 heavy (non-hydrogen) atoms. The number of nitrogens with zero attached hydrogens (tertiary/aromatic N) is 1. The van der Waals surface area contributed by atoms with Gasteiger partial charge in [-0.25, -0.2) is 0 Å². The Labute approximate surface area is 77.8 Å². The van der Waals surface area contributed by atoms with Crippen LogP contribution in [0.5, 0.6) is 0 Å². The summed E-state index contributed by atoms with van der Waals surface area (Å²) in [6, 6.07) is 0.161. The first-order valence-electron chi connectivity index (χ1n) is 4.91. The molecule has 4 nitrogen and oxygen atoms in total. The molecule has 5 atom stereocenters. The molecule has 0 aliphatic carbocycles. The molecular weight excluding hydrogens is 170 g/mol. The van der Waals surface area contributed by atoms with Gasteiger partial charge in [-0.1, -0.05) is 0 Å². The van der Waals surface area contributed by atoms with E-state index in [1.54, 1.807) is 0 Å². The van der Waals surface area contributed by atoms with E-state index in [0.29, 0.717) is 6.04 Å². The van der Waals surface area contributed by atoms with Gasteiger partial charge in [-0.15, -0.1) is 0 Å². The van der Waals surface area contributed by atoms with Crippen LogP contribution in [0, 0.1) is 0 Å². The van der Waals surface area contributed by atoms with E-state index < -0.39 is 12.2 Å². The summed E-state index contributed by atoms with van der Waals surface area (Å²) >= 11 is 0. The predicted octanol–water partition coefficient (Wildman–Crippen LogP) is -1.06. The van der Waals surface area contributed by atoms with Gasteiger partial charge in [0.15, 0.2) is 0 Å². The van der Waals surface area contributed by atoms with E-state index >= 15 is 0 Å². The molecule has 2 heterocycles. The lowest BCUT2D eigenvalue weighted by Crippen LogP contribution is -2.42. The molecule has 0 unspecified atom stereocenters. The van der Waals surface area contributed by atoms with Crippen molar-refractivity contribution in [2.24, 2.45) is 0 Å². The number of fused-ring (bicyclic) bond motifs is 1. The zero-order valence-corrected chi connectivity index (χ0v) is 7.80. The van der Waals surface area contributed by atoms with Gasteiger partial charge in [0, 0.05) is 12.1 Å². The number of aliphatic hydroxyl groups excluding tert-OH is 3. The van der Waals surface area contributed by atoms with Crippen molar-refractivity contribution in [1.29, 1.82) is 0 Å². The Kier molecular flexibility index (Phi) is 2.32. The molecule has 0 spiro atoms. The van der Waals surface area contributed by atoms with Crippen LogP contribution in [0.15, 0.2) is 0 Å². The highest BCUT2D eigenvalue weighted by molar-refractivity contribution is 5.05. The Bertz CT molecular complexity index is 197. The highest BCUT2D eigenvalue weighted by atomic mass is 16.3. The van der Waals surface area contributed by atoms with Crippen molar-refractivity contribution in [3.63, 3.8) is 0 Å². The van der Waals surface area contributed by atoms with Crippen LogP contribution >= 0.6 is 0 Å². The fourth-order valence-electron chi connectivity index (χ4n) is 2.79. The molecule has 0 saturated carbocycles. The Hall–Kier alpha value is -0.160. The molecule has 2 fully saturated rings. The van der Waals surface area contributed by atoms with E-state index in [0.717, 1.165) is 12.8 Å². The van der Waals surface area contributed by atoms with Crippen LogP contribution in [0.1, 0.15) is 19.8 Å². The standard InChI is InChI=1S/C9H17NO3/c1-5-2-3-6-8(12)9(13)7(4-11)10(5)6/h5-9,11-13H,2-4H2,1H3/t5-,6-,7-,8-,9+/m1/s1. The fraction of sp³-hybridized carbons (Fsp3) is 1.00. The van der Waals surface area contributed by atoms with Gasteiger partial charge in [-0.3, -0.25) is 4.90 Å². The summed E-state index contributed by atoms with van der Waals surface area (Å²) in [5, 5.41) is 28.4. The van der Waals surface area contributed by atoms with Crippen LogP contribution in [0.4, 0.5) is 0 Å². The van der Waals surface area contributed by atoms with E-state index in [1.165, 1.54) is 0 Å². The Balaban J connectivity index is 2.20. The molecule has 0 amide bonds. The Morgan fingerprint density at radius 2 is 1.92 bits per heavy atom. The number of rotatable bonds is 1. The summed E-state index contributed by atoms with van der Waals surface area (Å²) in [4.78, 5) is 2.06. The molecule has 2 aliphatic rings. The highest BCUT2D eigenvalue weighted by Crippen LogP contribution is 2.36. The molecule has 0 radical (unpaired) electrons. The van der Waals surface area contributed by atoms with Crippen LogP contribution in [0.2, 0.25) is 0 Å². The smallest absolute Gasteiger partial charge is 0.0991 e. The van der Waals surface area contributed by atoms with Crippen LogP contribution in [0.25, 0.3) is 0 Å². The topological polar surface area (TPSA) is 63.9 Å². The summed E-state index contributed by atoms with van der Waals surface area (Å²) in [7, 11) is 0. The Morgan fingerprint density at radius 3 is 2.54 bits per heavy atom. The molecule has 0 aromatic rings. The van der Waals surface area contributed by atoms with Crippen LogP contribution < -0.4 is 0 Å². The number of aliphatic hydroxyl groups is 3. The summed E-state index contributed by atoms with van der Waals surface area (Å²) in [5.74, 6) is 0. The summed E-state index contributed by atoms with van der Waals surface area (Å²) in [5.41, 5.74) is 0. The SMILES string of the molecule is C[C@@H]1CC[C@@H]2[C@@H](O)[C@@H](O)[C@@H](CO)N12. The first-order valence-corrected chi connectivity index (χ1v) is 4.91. The minimum atomic E-state index is -0.780. The average molecular weight is 187 g/mol. The second-order valence-electron chi connectivity index (χ2n) is 4.17. The molecule has 2 saturated heterocycles. The van der Waals surface area contributed by atoms with Gasteiger partial charge in [0.1, 0.15) is 0 Å². The highest BCUT2D eigenvalue weighted by Gasteiger charge is 2.51. The molecule has 2 aliphatic heterocycles. The van der Waals surface area contributed by atoms with Crippen molar-refractivity contribution in [2.45, 2.75) is 50.1 Å². The lowest BCUT2D eigenvalue weighted by Gasteiger charge is -2.27. The molecule has 2 rings (SSSR count). The van der Waals surface area contributed by atoms with Gasteiger partial charge >= 0.3 is 0 Å². The minimum Gasteiger partial charge on any atom is -0.395 e. The van der Waals surface area contributed by atoms with E-state index in [4.69, 9.17) is 5.11 Å². The van der Waals surface area contributed by atoms with E-state index in [9.17, 15) is 10.2 Å². The third kappa shape index (κ3) is 1.21. The van der Waals surface area contributed by atoms with Crippen molar-refractivity contribution in [3.05, 3.63) is 0 Å². The van der Waals surface area contributed by atoms with Crippen LogP contribution in [0.3, 0.4) is 0 Å². The molecule has 0 bridgehead atoms. The second-order valence-corrected chi connectivity index (χ2v) is 4.17. The second kappa shape index (κ2) is 3.20. The molecular formula is C9H17NO3. The van der Waals surface area contributed by atoms with Crippen molar-refractivity contribution in [2.75, 3.05) is 6.61 Å². The monoisotopic (exact) mass is 187 g/mol. The van der Waals surface area contributed by atoms with E-state index in [1.807, 2.05) is 0 Å². The van der Waals surface area contributed by atoms with Gasteiger partial charge in [0.25, 0.3) is 0 Å². The summed E-state index contributed by atoms with van der Waals surface area (Å²) in [6.45, 7) is 2.01. The lowest BCUT2D eigenvalue weighted by atomic mass is 10.0. The largest absolute Gasteiger partial charge is 0.395 e. The van der Waals surface area contributed by atoms with Crippen LogP contribution in [-0.4, -0.2) is 57.2 Å². The summed E-state index contributed by atoms with van der Waals surface area (Å²) < 4.78 is 0. The molecule has 3 N–H and O–H groups in total. The molecule has 0 aromatic heterocycles. The maximum atomic E-state index is 9.68. The van der Waals surface area contributed by atoms with Crippen molar-refractivity contribution in [1.82, 2.24) is 4.90 Å². The van der Waals surface area contributed by atoms with Gasteiger partial charge in [-0.2, -0.15) is 0 Å². The van der Waals surface area contributed by atoms with Gasteiger partial charge in [0.05, 0.1) is 24.9 Å². The van der Waals surface area contributed by atoms with Gasteiger partial charge in [-0.05, 0) is 19.8 Å². The molecule has 4 heteroatoms. The molecule has 0 aromatic carbocycles. The fourth-order valence-corrected chi connectivity index (χ4v) is 2.79. The molecule has 76 valence electrons. The number of hydrogen-bond acceptors (Lipinski definition) is 4. The first kappa shape index (κ1) is 9.40. The zero-order chi connectivity index (χ0) is 9.59. The van der Waals surface area contributed by atoms with Gasteiger partial charge < -0.3 is 15.3 Å². The third-order valence-electron chi connectivity index (χ3n) is 3.48. The quantitative estimate of drug-likeness (QED) is 0.489. The zero-order valence-electron chi connectivity index (χ0n) is 7.80. The third-order valence-corrected chi connectivity index (χ3v) is 3.48. The minimum absolute atomic E-state index is 0.0575. The number of hydrogen-bond donors (Lipinski definition) is 3. The van der Waals surface area contributed by atoms with Gasteiger partial charge in [0.2, 0.25) is 0 Å². The van der Waals surface area contributed by atoms with Crippen LogP contribution in [-0.2, 0) is 0 Å². The maximum Gasteiger partial charge on any atom is 0.0991 e. The first-order chi connectivity index (χ1) is 6.16. The average Bonchev–Trinajstić information content (AvgIpc) is 2.58. The Morgan fingerprint density at radius 1 is 1.23 bits per heavy atom. The van der Waals surface area contributed by atoms with Crippen molar-refractivity contribution < 1.29 is 15.3 Å². The van der Waals surface area contributed by atoms with Crippen molar-refractivity contribution in [3.8, 4) is 0 Å². The summed E-state index contributed by atoms with van der Waals surface area (Å²) in [6.07, 6.45) is 0.515. The predicted molar refractivity (Wildman–Crippen MR) is 47.2 cm³/mol. The lowest BCUT2D eigenvalue weighted by molar-refractivity contribution is 0.0132. The van der Waals surface area contributed by atoms with E-state index in [2.05, 4.69) is 11.8 Å². The van der Waals surface area contributed by atoms with E-state index in [-0.39, 0.29) is 18.7 Å².